The Balaban J connectivity index is 1.57. The number of nitrogens with one attached hydrogen (secondary N) is 1. The fraction of sp³-hybridized carbons (Fsp3) is 0.983. The molecule has 40 heteroatoms. The summed E-state index contributed by atoms with van der Waals surface area (Å²) in [7, 11) is 1.31. The van der Waals surface area contributed by atoms with Crippen LogP contribution >= 0.6 is 26.9 Å². The van der Waals surface area contributed by atoms with Gasteiger partial charge in [-0.25, -0.2) is 0 Å². The van der Waals surface area contributed by atoms with Crippen LogP contribution < -0.4 is 5.32 Å². The molecule has 3 aliphatic rings. The van der Waals surface area contributed by atoms with Crippen molar-refractivity contribution in [2.45, 2.75) is 198 Å². The summed E-state index contributed by atoms with van der Waals surface area (Å²) in [6.07, 6.45) is -2.62. The maximum absolute atomic E-state index is 11.8. The van der Waals surface area contributed by atoms with Crippen LogP contribution in [0.2, 0.25) is 0 Å². The molecule has 3 aliphatic heterocycles. The Hall–Kier alpha value is 0.870. The summed E-state index contributed by atoms with van der Waals surface area (Å²) in [4.78, 5) is 54.0. The van der Waals surface area contributed by atoms with Crippen LogP contribution in [-0.2, 0) is 136 Å². The topological polar surface area (TPSA) is 438 Å². The van der Waals surface area contributed by atoms with Gasteiger partial charge in [-0.3, -0.25) is 4.79 Å². The van der Waals surface area contributed by atoms with Gasteiger partial charge < -0.3 is 149 Å². The van der Waals surface area contributed by atoms with Crippen LogP contribution in [0, 0.1) is 23.2 Å². The first-order valence-electron chi connectivity index (χ1n) is 33.6. The minimum absolute atomic E-state index is 0.00306. The molecule has 0 aromatic heterocycles. The van der Waals surface area contributed by atoms with Crippen molar-refractivity contribution in [3.63, 3.8) is 0 Å². The van der Waals surface area contributed by atoms with Crippen LogP contribution in [-0.4, -0.2) is 286 Å². The lowest BCUT2D eigenvalue weighted by Crippen LogP contribution is -2.64. The second kappa shape index (κ2) is 51.2. The van der Waals surface area contributed by atoms with Crippen LogP contribution in [0.4, 0.5) is 0 Å². The molecule has 32 nitrogen and oxygen atoms in total. The summed E-state index contributed by atoms with van der Waals surface area (Å²) < 4.78 is 103. The van der Waals surface area contributed by atoms with Gasteiger partial charge in [0.25, 0.3) is 0 Å². The Morgan fingerprint density at radius 2 is 0.684 bits per heavy atom. The van der Waals surface area contributed by atoms with Crippen molar-refractivity contribution in [3.8, 4) is 0 Å². The molecule has 0 aromatic rings. The van der Waals surface area contributed by atoms with E-state index in [0.717, 1.165) is 38.5 Å². The Morgan fingerprint density at radius 3 is 1.07 bits per heavy atom. The highest BCUT2D eigenvalue weighted by Crippen LogP contribution is 2.46. The van der Waals surface area contributed by atoms with Gasteiger partial charge in [0.1, 0.15) is 36.6 Å². The van der Waals surface area contributed by atoms with Gasteiger partial charge in [-0.15, -0.1) is 0 Å². The fourth-order valence-electron chi connectivity index (χ4n) is 10.2. The number of rotatable bonds is 59. The summed E-state index contributed by atoms with van der Waals surface area (Å²) in [5.41, 5.74) is -0.909. The van der Waals surface area contributed by atoms with Crippen LogP contribution in [0.25, 0.3) is 0 Å². The molecule has 3 rings (SSSR count). The quantitative estimate of drug-likeness (QED) is 0.0307. The molecule has 3 heterocycles. The second-order valence-corrected chi connectivity index (χ2v) is 35.9. The minimum Gasteiger partial charge on any atom is -0.394 e. The third kappa shape index (κ3) is 38.1. The normalized spacial score (nSPS) is 29.3. The Morgan fingerprint density at radius 1 is 0.388 bits per heavy atom. The van der Waals surface area contributed by atoms with Crippen LogP contribution in [0.3, 0.4) is 0 Å². The highest BCUT2D eigenvalue weighted by Gasteiger charge is 2.46. The van der Waals surface area contributed by atoms with Gasteiger partial charge >= 0.3 is 26.9 Å². The molecule has 20 atom stereocenters. The second-order valence-electron chi connectivity index (χ2n) is 24.4. The van der Waals surface area contributed by atoms with Crippen LogP contribution in [0.1, 0.15) is 124 Å². The van der Waals surface area contributed by atoms with Crippen molar-refractivity contribution in [3.05, 3.63) is 0 Å². The van der Waals surface area contributed by atoms with Gasteiger partial charge in [-0.1, -0.05) is 46.5 Å². The first-order valence-corrected chi connectivity index (χ1v) is 43.9. The number of carbonyl (C=O) groups is 1. The predicted molar refractivity (Wildman–Crippen MR) is 370 cm³/mol. The van der Waals surface area contributed by atoms with Crippen molar-refractivity contribution in [2.24, 2.45) is 23.2 Å². The first kappa shape index (κ1) is 93.1. The van der Waals surface area contributed by atoms with Crippen molar-refractivity contribution in [1.29, 1.82) is 0 Å². The zero-order valence-electron chi connectivity index (χ0n) is 57.2. The first-order chi connectivity index (χ1) is 46.6. The lowest BCUT2D eigenvalue weighted by atomic mass is 9.86. The number of aliphatic hydroxyl groups excluding tert-OH is 8. The van der Waals surface area contributed by atoms with Gasteiger partial charge in [0.2, 0.25) is 5.91 Å². The summed E-state index contributed by atoms with van der Waals surface area (Å²) in [6.45, 7) is -6.62. The van der Waals surface area contributed by atoms with E-state index >= 15 is 0 Å². The number of hydrogen-bond acceptors (Lipinski definition) is 31. The van der Waals surface area contributed by atoms with Gasteiger partial charge in [0.15, 0.2) is 18.9 Å². The number of hydrogen-bond donors (Lipinski definition) is 13. The zero-order valence-corrected chi connectivity index (χ0v) is 64.0. The molecule has 1 amide bonds. The van der Waals surface area contributed by atoms with Gasteiger partial charge in [-0.2, -0.15) is 0 Å². The Labute approximate surface area is 597 Å². The standard InChI is InChI=1S/C58H115NO31P4S4/c1-42-46(35-60)88-55(43(2)50(42)64)78-25-12-15-29-82-92(70,96)85-32-18-22-75-39-58(38-74-21-10-8-6-7-9-11-28-81-91(69,95)73-5,40-76-23-19-33-86-93(71,97)83-30-16-13-26-79-56-44(3)51(65)52(66)47(36-61)89-56)41-77-24-20-34-87-94(72,98)84-31-17-14-27-80-57-49(59-45(4)63)54(68)53(67)48(37-62)90-57/h42-44,46-57,60-62,64-68H,6-41H2,1-5H3,(H,59,63)(H,69,95)(H,70,96)(H,71,97)(H,72,98)/t42-,43?,44?,46?,47?,48?,49?,50-,51+,52-,53-,54+,55+,56+,57+,58?,91?,92?,93?,94?/m0/s1. The van der Waals surface area contributed by atoms with Crippen LogP contribution in [0.5, 0.6) is 0 Å². The monoisotopic (exact) mass is 1570 g/mol. The molecule has 3 saturated heterocycles. The van der Waals surface area contributed by atoms with Crippen molar-refractivity contribution >= 4 is 80.0 Å². The Kier molecular flexibility index (Phi) is 48.7. The maximum atomic E-state index is 11.8. The minimum atomic E-state index is -3.69. The number of carbonyl (C=O) groups excluding carboxylic acids is 1. The maximum Gasteiger partial charge on any atom is 0.324 e. The summed E-state index contributed by atoms with van der Waals surface area (Å²) in [6, 6.07) is -1.09. The van der Waals surface area contributed by atoms with E-state index in [2.05, 4.69) is 5.32 Å². The van der Waals surface area contributed by atoms with E-state index in [1.54, 1.807) is 6.92 Å². The molecule has 0 aromatic carbocycles. The van der Waals surface area contributed by atoms with E-state index < -0.39 is 131 Å². The van der Waals surface area contributed by atoms with Crippen molar-refractivity contribution < 1.29 is 149 Å². The third-order valence-corrected chi connectivity index (χ3v) is 22.8. The molecule has 11 unspecified atom stereocenters. The number of amides is 1. The SMILES string of the molecule is COP(O)(=S)OCCCCCCCCOCC(COCCCOP(O)(=S)OCCCCO[C@@H]1OC(CO)[C@H](C)[C@H](O)C1C)(COCCCOP(O)(=S)OCCCCO[C@@H]1OC(CO)[C@H](O)[C@H](O)C1C)COCCCOP(O)(=S)OCCCCO[C@@H]1OC(CO)[C@H](O)[C@H](O)C1NC(C)=O. The smallest absolute Gasteiger partial charge is 0.324 e. The van der Waals surface area contributed by atoms with E-state index in [1.807, 2.05) is 13.8 Å². The average Bonchev–Trinajstić information content (AvgIpc) is 0.827. The number of aliphatic hydroxyl groups is 8. The lowest BCUT2D eigenvalue weighted by molar-refractivity contribution is -0.282. The zero-order chi connectivity index (χ0) is 72.6. The fourth-order valence-corrected chi connectivity index (χ4v) is 14.7. The number of unbranched alkanes of at least 4 members (excludes halogenated alkanes) is 8. The molecule has 0 saturated carbocycles. The molecule has 0 bridgehead atoms. The Bertz CT molecular complexity index is 2230. The lowest BCUT2D eigenvalue weighted by Gasteiger charge is -2.42. The molecule has 13 N–H and O–H groups in total. The van der Waals surface area contributed by atoms with Crippen LogP contribution in [0.15, 0.2) is 0 Å². The predicted octanol–water partition coefficient (Wildman–Crippen LogP) is 2.94. The van der Waals surface area contributed by atoms with E-state index in [4.69, 9.17) is 131 Å². The molecule has 98 heavy (non-hydrogen) atoms. The van der Waals surface area contributed by atoms with E-state index in [9.17, 15) is 65.2 Å². The van der Waals surface area contributed by atoms with Gasteiger partial charge in [0, 0.05) is 78.0 Å². The molecule has 3 fully saturated rings. The summed E-state index contributed by atoms with van der Waals surface area (Å²) in [5, 5.41) is 83.1. The van der Waals surface area contributed by atoms with Gasteiger partial charge in [0.05, 0.1) is 116 Å². The van der Waals surface area contributed by atoms with E-state index in [0.29, 0.717) is 64.6 Å². The summed E-state index contributed by atoms with van der Waals surface area (Å²) in [5.74, 6) is -1.56. The van der Waals surface area contributed by atoms with E-state index in [-0.39, 0.29) is 131 Å². The molecule has 0 aliphatic carbocycles. The molecule has 0 radical (unpaired) electrons. The molecular formula is C58H115NO31P4S4. The largest absolute Gasteiger partial charge is 0.394 e. The summed E-state index contributed by atoms with van der Waals surface area (Å²) >= 11 is 20.7. The number of ether oxygens (including phenoxy) is 10. The highest BCUT2D eigenvalue weighted by atomic mass is 32.5. The molecule has 0 spiro atoms. The molecule has 582 valence electrons. The average molecular weight is 1570 g/mol. The van der Waals surface area contributed by atoms with E-state index in [1.165, 1.54) is 14.0 Å². The van der Waals surface area contributed by atoms with Gasteiger partial charge in [-0.05, 0) is 118 Å². The third-order valence-electron chi connectivity index (χ3n) is 16.1. The molecular weight excluding hydrogens is 1460 g/mol. The highest BCUT2D eigenvalue weighted by molar-refractivity contribution is 8.08. The van der Waals surface area contributed by atoms with Crippen molar-refractivity contribution in [1.82, 2.24) is 5.32 Å². The van der Waals surface area contributed by atoms with Crippen molar-refractivity contribution in [2.75, 3.05) is 146 Å².